The Morgan fingerprint density at radius 3 is 2.13 bits per heavy atom. The minimum atomic E-state index is -4.01. The van der Waals surface area contributed by atoms with E-state index in [1.807, 2.05) is 12.3 Å². The topological polar surface area (TPSA) is 80.8 Å². The van der Waals surface area contributed by atoms with Gasteiger partial charge in [0, 0.05) is 11.4 Å². The van der Waals surface area contributed by atoms with E-state index in [1.54, 1.807) is 48.5 Å². The summed E-state index contributed by atoms with van der Waals surface area (Å²) in [6.45, 7) is 1.92. The molecule has 0 radical (unpaired) electrons. The molecule has 0 N–H and O–H groups in total. The third-order valence-corrected chi connectivity index (χ3v) is 7.21. The molecule has 1 aromatic heterocycles. The van der Waals surface area contributed by atoms with Crippen LogP contribution in [0.1, 0.15) is 43.7 Å². The fourth-order valence-electron chi connectivity index (χ4n) is 3.31. The lowest BCUT2D eigenvalue weighted by molar-refractivity contribution is 0.0633. The van der Waals surface area contributed by atoms with Crippen LogP contribution in [0.4, 0.5) is 0 Å². The molecule has 0 saturated carbocycles. The van der Waals surface area contributed by atoms with Crippen molar-refractivity contribution >= 4 is 33.3 Å². The van der Waals surface area contributed by atoms with E-state index in [2.05, 4.69) is 0 Å². The van der Waals surface area contributed by atoms with Crippen LogP contribution in [-0.4, -0.2) is 31.7 Å². The molecule has 1 unspecified atom stereocenters. The molecule has 0 bridgehead atoms. The lowest BCUT2D eigenvalue weighted by Crippen LogP contribution is -2.32. The molecular weight excluding hydrogens is 422 g/mol. The van der Waals surface area contributed by atoms with Gasteiger partial charge in [-0.2, -0.15) is 8.42 Å². The van der Waals surface area contributed by atoms with Crippen molar-refractivity contribution in [1.82, 2.24) is 4.90 Å². The number of hydrogen-bond donors (Lipinski definition) is 0. The highest BCUT2D eigenvalue weighted by Gasteiger charge is 2.36. The second-order valence-corrected chi connectivity index (χ2v) is 9.52. The Morgan fingerprint density at radius 2 is 1.57 bits per heavy atom. The largest absolute Gasteiger partial charge is 0.297 e. The highest BCUT2D eigenvalue weighted by atomic mass is 32.2. The Balaban J connectivity index is 1.54. The second kappa shape index (κ2) is 8.14. The highest BCUT2D eigenvalue weighted by Crippen LogP contribution is 2.31. The summed E-state index contributed by atoms with van der Waals surface area (Å²) in [5.41, 5.74) is 1.67. The van der Waals surface area contributed by atoms with Crippen molar-refractivity contribution in [3.8, 4) is 0 Å². The monoisotopic (exact) mass is 441 g/mol. The predicted molar refractivity (Wildman–Crippen MR) is 113 cm³/mol. The van der Waals surface area contributed by atoms with Gasteiger partial charge in [0.15, 0.2) is 0 Å². The van der Waals surface area contributed by atoms with Gasteiger partial charge in [-0.3, -0.25) is 18.7 Å². The minimum absolute atomic E-state index is 0.0539. The number of fused-ring (bicyclic) bond motifs is 1. The van der Waals surface area contributed by atoms with Crippen LogP contribution in [0.15, 0.2) is 70.9 Å². The summed E-state index contributed by atoms with van der Waals surface area (Å²) >= 11 is 1.36. The van der Waals surface area contributed by atoms with Gasteiger partial charge in [0.05, 0.1) is 16.0 Å². The smallest absolute Gasteiger partial charge is 0.274 e. The molecule has 3 aromatic rings. The van der Waals surface area contributed by atoms with E-state index in [9.17, 15) is 18.0 Å². The summed E-state index contributed by atoms with van der Waals surface area (Å²) in [6.07, 6.45) is -0.641. The van der Waals surface area contributed by atoms with Crippen molar-refractivity contribution in [2.45, 2.75) is 24.3 Å². The number of imide groups is 1. The van der Waals surface area contributed by atoms with Crippen molar-refractivity contribution < 1.29 is 22.2 Å². The summed E-state index contributed by atoms with van der Waals surface area (Å²) < 4.78 is 31.1. The normalized spacial score (nSPS) is 14.8. The number of aryl methyl sites for hydroxylation is 1. The molecule has 2 heterocycles. The summed E-state index contributed by atoms with van der Waals surface area (Å²) in [7, 11) is -4.01. The zero-order chi connectivity index (χ0) is 21.3. The molecule has 1 atom stereocenters. The zero-order valence-electron chi connectivity index (χ0n) is 16.1. The van der Waals surface area contributed by atoms with Gasteiger partial charge in [0.25, 0.3) is 21.9 Å². The number of nitrogens with zero attached hydrogens (tertiary/aromatic N) is 1. The van der Waals surface area contributed by atoms with Crippen molar-refractivity contribution in [3.63, 3.8) is 0 Å². The fraction of sp³-hybridized carbons (Fsp3) is 0.182. The van der Waals surface area contributed by atoms with Crippen LogP contribution in [0.5, 0.6) is 0 Å². The SMILES string of the molecule is Cc1ccc(S(=O)(=O)OC(CCN2C(=O)c3ccccc3C2=O)c2cccs2)cc1. The van der Waals surface area contributed by atoms with Crippen LogP contribution in [-0.2, 0) is 14.3 Å². The van der Waals surface area contributed by atoms with Crippen LogP contribution >= 0.6 is 11.3 Å². The highest BCUT2D eigenvalue weighted by molar-refractivity contribution is 7.86. The average molecular weight is 442 g/mol. The van der Waals surface area contributed by atoms with E-state index in [0.29, 0.717) is 16.0 Å². The molecule has 0 spiro atoms. The van der Waals surface area contributed by atoms with Crippen molar-refractivity contribution in [3.05, 3.63) is 87.6 Å². The predicted octanol–water partition coefficient (Wildman–Crippen LogP) is 4.19. The van der Waals surface area contributed by atoms with Crippen LogP contribution < -0.4 is 0 Å². The molecule has 30 heavy (non-hydrogen) atoms. The van der Waals surface area contributed by atoms with Gasteiger partial charge in [0.2, 0.25) is 0 Å². The van der Waals surface area contributed by atoms with E-state index in [-0.39, 0.29) is 29.7 Å². The summed E-state index contributed by atoms with van der Waals surface area (Å²) in [5, 5.41) is 1.83. The van der Waals surface area contributed by atoms with Crippen LogP contribution in [0.3, 0.4) is 0 Å². The second-order valence-electron chi connectivity index (χ2n) is 6.96. The minimum Gasteiger partial charge on any atom is -0.274 e. The van der Waals surface area contributed by atoms with E-state index in [4.69, 9.17) is 4.18 Å². The first-order chi connectivity index (χ1) is 14.4. The Labute approximate surface area is 178 Å². The van der Waals surface area contributed by atoms with Gasteiger partial charge >= 0.3 is 0 Å². The van der Waals surface area contributed by atoms with E-state index in [1.165, 1.54) is 23.5 Å². The lowest BCUT2D eigenvalue weighted by atomic mass is 10.1. The van der Waals surface area contributed by atoms with E-state index in [0.717, 1.165) is 10.5 Å². The van der Waals surface area contributed by atoms with Gasteiger partial charge in [-0.1, -0.05) is 35.9 Å². The first-order valence-electron chi connectivity index (χ1n) is 9.35. The maximum atomic E-state index is 12.8. The number of benzene rings is 2. The molecule has 0 fully saturated rings. The molecular formula is C22H19NO5S2. The van der Waals surface area contributed by atoms with Gasteiger partial charge in [0.1, 0.15) is 6.10 Å². The molecule has 1 aliphatic heterocycles. The van der Waals surface area contributed by atoms with Crippen LogP contribution in [0.2, 0.25) is 0 Å². The number of hydrogen-bond acceptors (Lipinski definition) is 6. The van der Waals surface area contributed by atoms with E-state index >= 15 is 0 Å². The van der Waals surface area contributed by atoms with Crippen LogP contribution in [0, 0.1) is 6.92 Å². The molecule has 8 heteroatoms. The molecule has 2 amide bonds. The van der Waals surface area contributed by atoms with E-state index < -0.39 is 16.2 Å². The molecule has 0 aliphatic carbocycles. The van der Waals surface area contributed by atoms with Crippen LogP contribution in [0.25, 0.3) is 0 Å². The van der Waals surface area contributed by atoms with Gasteiger partial charge in [-0.05, 0) is 49.1 Å². The number of rotatable bonds is 7. The number of amides is 2. The Morgan fingerprint density at radius 1 is 0.933 bits per heavy atom. The average Bonchev–Trinajstić information content (AvgIpc) is 3.34. The van der Waals surface area contributed by atoms with Gasteiger partial charge in [-0.25, -0.2) is 0 Å². The summed E-state index contributed by atoms with van der Waals surface area (Å²) in [6, 6.07) is 16.6. The van der Waals surface area contributed by atoms with Crippen molar-refractivity contribution in [2.75, 3.05) is 6.54 Å². The summed E-state index contributed by atoms with van der Waals surface area (Å²) in [4.78, 5) is 27.1. The first kappa shape index (κ1) is 20.5. The summed E-state index contributed by atoms with van der Waals surface area (Å²) in [5.74, 6) is -0.746. The first-order valence-corrected chi connectivity index (χ1v) is 11.6. The fourth-order valence-corrected chi connectivity index (χ4v) is 5.25. The van der Waals surface area contributed by atoms with Crippen molar-refractivity contribution in [2.24, 2.45) is 0 Å². The Hall–Kier alpha value is -2.81. The van der Waals surface area contributed by atoms with Gasteiger partial charge in [-0.15, -0.1) is 11.3 Å². The maximum absolute atomic E-state index is 12.8. The lowest BCUT2D eigenvalue weighted by Gasteiger charge is -2.20. The molecule has 1 aliphatic rings. The number of carbonyl (C=O) groups excluding carboxylic acids is 2. The number of carbonyl (C=O) groups is 2. The third kappa shape index (κ3) is 3.94. The molecule has 4 rings (SSSR count). The standard InChI is InChI=1S/C22H19NO5S2/c1-15-8-10-16(11-9-15)30(26,27)28-19(20-7-4-14-29-20)12-13-23-21(24)17-5-2-3-6-18(17)22(23)25/h2-11,14,19H,12-13H2,1H3. The molecule has 0 saturated heterocycles. The zero-order valence-corrected chi connectivity index (χ0v) is 17.8. The molecule has 2 aromatic carbocycles. The molecule has 6 nitrogen and oxygen atoms in total. The Kier molecular flexibility index (Phi) is 5.55. The maximum Gasteiger partial charge on any atom is 0.297 e. The van der Waals surface area contributed by atoms with Gasteiger partial charge < -0.3 is 0 Å². The number of thiophene rings is 1. The Bertz CT molecular complexity index is 1150. The van der Waals surface area contributed by atoms with Crippen molar-refractivity contribution in [1.29, 1.82) is 0 Å². The third-order valence-electron chi connectivity index (χ3n) is 4.91. The molecule has 154 valence electrons. The quantitative estimate of drug-likeness (QED) is 0.406.